The van der Waals surface area contributed by atoms with Crippen LogP contribution in [0.25, 0.3) is 10.4 Å². The summed E-state index contributed by atoms with van der Waals surface area (Å²) in [6.07, 6.45) is 0. The molecule has 0 heterocycles. The minimum Gasteiger partial charge on any atom is -0.350 e. The van der Waals surface area contributed by atoms with Gasteiger partial charge in [-0.1, -0.05) is 23.3 Å². The Bertz CT molecular complexity index is 410. The Balaban J connectivity index is 2.89. The van der Waals surface area contributed by atoms with Crippen LogP contribution in [0.15, 0.2) is 29.4 Å². The molecule has 1 aromatic rings. The number of hydrogen-bond acceptors (Lipinski definition) is 2. The fourth-order valence-corrected chi connectivity index (χ4v) is 1.30. The van der Waals surface area contributed by atoms with E-state index in [0.717, 1.165) is 5.56 Å². The van der Waals surface area contributed by atoms with Crippen LogP contribution in [-0.2, 0) is 4.79 Å². The standard InChI is InChI=1S/C10H12N4O/c1-7(12-8(2)15)9-4-3-5-10(6-9)13-14-11/h3-7H,1-2H3,(H,12,15). The first-order valence-corrected chi connectivity index (χ1v) is 4.55. The highest BCUT2D eigenvalue weighted by Crippen LogP contribution is 2.19. The zero-order valence-electron chi connectivity index (χ0n) is 8.64. The van der Waals surface area contributed by atoms with Crippen molar-refractivity contribution in [2.24, 2.45) is 5.11 Å². The van der Waals surface area contributed by atoms with Crippen LogP contribution in [0.2, 0.25) is 0 Å². The Labute approximate surface area is 87.7 Å². The number of nitrogens with one attached hydrogen (secondary N) is 1. The predicted molar refractivity (Wildman–Crippen MR) is 57.5 cm³/mol. The number of azide groups is 1. The van der Waals surface area contributed by atoms with Crippen LogP contribution in [0, 0.1) is 0 Å². The molecular weight excluding hydrogens is 192 g/mol. The molecule has 0 radical (unpaired) electrons. The van der Waals surface area contributed by atoms with Gasteiger partial charge in [-0.25, -0.2) is 0 Å². The topological polar surface area (TPSA) is 77.9 Å². The lowest BCUT2D eigenvalue weighted by atomic mass is 10.1. The molecule has 1 N–H and O–H groups in total. The molecular formula is C10H12N4O. The fraction of sp³-hybridized carbons (Fsp3) is 0.300. The van der Waals surface area contributed by atoms with Crippen LogP contribution in [0.1, 0.15) is 25.5 Å². The highest BCUT2D eigenvalue weighted by molar-refractivity contribution is 5.73. The van der Waals surface area contributed by atoms with Crippen LogP contribution in [-0.4, -0.2) is 5.91 Å². The van der Waals surface area contributed by atoms with Crippen molar-refractivity contribution in [3.8, 4) is 0 Å². The third kappa shape index (κ3) is 3.32. The molecule has 0 aromatic heterocycles. The maximum atomic E-state index is 10.8. The number of carbonyl (C=O) groups is 1. The lowest BCUT2D eigenvalue weighted by Gasteiger charge is -2.12. The van der Waals surface area contributed by atoms with E-state index in [-0.39, 0.29) is 11.9 Å². The molecule has 1 atom stereocenters. The number of amides is 1. The van der Waals surface area contributed by atoms with Gasteiger partial charge in [0.15, 0.2) is 0 Å². The van der Waals surface area contributed by atoms with Crippen LogP contribution in [0.5, 0.6) is 0 Å². The number of rotatable bonds is 3. The van der Waals surface area contributed by atoms with Gasteiger partial charge < -0.3 is 5.32 Å². The summed E-state index contributed by atoms with van der Waals surface area (Å²) in [5, 5.41) is 6.25. The van der Waals surface area contributed by atoms with Gasteiger partial charge in [0, 0.05) is 17.5 Å². The Hall–Kier alpha value is -2.00. The molecule has 0 saturated carbocycles. The van der Waals surface area contributed by atoms with E-state index in [2.05, 4.69) is 15.3 Å². The van der Waals surface area contributed by atoms with E-state index in [9.17, 15) is 4.79 Å². The maximum absolute atomic E-state index is 10.8. The maximum Gasteiger partial charge on any atom is 0.217 e. The summed E-state index contributed by atoms with van der Waals surface area (Å²) < 4.78 is 0. The van der Waals surface area contributed by atoms with Crippen molar-refractivity contribution >= 4 is 11.6 Å². The van der Waals surface area contributed by atoms with Gasteiger partial charge in [-0.3, -0.25) is 4.79 Å². The summed E-state index contributed by atoms with van der Waals surface area (Å²) in [5.74, 6) is -0.0864. The second kappa shape index (κ2) is 5.02. The molecule has 0 saturated heterocycles. The average molecular weight is 204 g/mol. The first kappa shape index (κ1) is 11.1. The van der Waals surface area contributed by atoms with Crippen molar-refractivity contribution in [3.63, 3.8) is 0 Å². The lowest BCUT2D eigenvalue weighted by Crippen LogP contribution is -2.23. The monoisotopic (exact) mass is 204 g/mol. The molecule has 15 heavy (non-hydrogen) atoms. The molecule has 0 spiro atoms. The lowest BCUT2D eigenvalue weighted by molar-refractivity contribution is -0.119. The van der Waals surface area contributed by atoms with Crippen LogP contribution in [0.4, 0.5) is 5.69 Å². The Morgan fingerprint density at radius 3 is 2.93 bits per heavy atom. The Morgan fingerprint density at radius 2 is 2.33 bits per heavy atom. The zero-order valence-corrected chi connectivity index (χ0v) is 8.64. The summed E-state index contributed by atoms with van der Waals surface area (Å²) in [4.78, 5) is 13.6. The van der Waals surface area contributed by atoms with E-state index >= 15 is 0 Å². The minimum atomic E-state index is -0.0867. The third-order valence-electron chi connectivity index (χ3n) is 1.95. The van der Waals surface area contributed by atoms with E-state index in [0.29, 0.717) is 5.69 Å². The second-order valence-corrected chi connectivity index (χ2v) is 3.21. The molecule has 0 bridgehead atoms. The molecule has 0 aliphatic rings. The SMILES string of the molecule is CC(=O)NC(C)c1cccc(N=[N+]=[N-])c1. The molecule has 0 fully saturated rings. The summed E-state index contributed by atoms with van der Waals surface area (Å²) in [5.41, 5.74) is 9.74. The smallest absolute Gasteiger partial charge is 0.217 e. The van der Waals surface area contributed by atoms with Crippen molar-refractivity contribution in [3.05, 3.63) is 40.3 Å². The first-order chi connectivity index (χ1) is 7.13. The normalized spacial score (nSPS) is 11.3. The fourth-order valence-electron chi connectivity index (χ4n) is 1.30. The molecule has 0 aliphatic carbocycles. The van der Waals surface area contributed by atoms with Gasteiger partial charge in [0.05, 0.1) is 6.04 Å². The summed E-state index contributed by atoms with van der Waals surface area (Å²) in [6.45, 7) is 3.34. The van der Waals surface area contributed by atoms with Crippen molar-refractivity contribution in [2.45, 2.75) is 19.9 Å². The number of hydrogen-bond donors (Lipinski definition) is 1. The van der Waals surface area contributed by atoms with Gasteiger partial charge >= 0.3 is 0 Å². The van der Waals surface area contributed by atoms with E-state index in [1.807, 2.05) is 13.0 Å². The van der Waals surface area contributed by atoms with Crippen LogP contribution >= 0.6 is 0 Å². The van der Waals surface area contributed by atoms with Crippen molar-refractivity contribution < 1.29 is 4.79 Å². The molecule has 5 heteroatoms. The van der Waals surface area contributed by atoms with Crippen LogP contribution in [0.3, 0.4) is 0 Å². The third-order valence-corrected chi connectivity index (χ3v) is 1.95. The van der Waals surface area contributed by atoms with Crippen LogP contribution < -0.4 is 5.32 Å². The van der Waals surface area contributed by atoms with Crippen molar-refractivity contribution in [2.75, 3.05) is 0 Å². The predicted octanol–water partition coefficient (Wildman–Crippen LogP) is 2.83. The quantitative estimate of drug-likeness (QED) is 0.458. The average Bonchev–Trinajstić information content (AvgIpc) is 2.17. The second-order valence-electron chi connectivity index (χ2n) is 3.21. The minimum absolute atomic E-state index is 0.0864. The van der Waals surface area contributed by atoms with Gasteiger partial charge in [0.2, 0.25) is 5.91 Å². The molecule has 1 aromatic carbocycles. The highest BCUT2D eigenvalue weighted by atomic mass is 16.1. The van der Waals surface area contributed by atoms with Gasteiger partial charge in [-0.15, -0.1) is 0 Å². The first-order valence-electron chi connectivity index (χ1n) is 4.55. The summed E-state index contributed by atoms with van der Waals surface area (Å²) in [6, 6.07) is 7.04. The Kier molecular flexibility index (Phi) is 3.71. The highest BCUT2D eigenvalue weighted by Gasteiger charge is 2.05. The molecule has 78 valence electrons. The summed E-state index contributed by atoms with van der Waals surface area (Å²) >= 11 is 0. The molecule has 5 nitrogen and oxygen atoms in total. The van der Waals surface area contributed by atoms with E-state index in [4.69, 9.17) is 5.53 Å². The number of benzene rings is 1. The van der Waals surface area contributed by atoms with Crippen molar-refractivity contribution in [1.82, 2.24) is 5.32 Å². The van der Waals surface area contributed by atoms with E-state index < -0.39 is 0 Å². The van der Waals surface area contributed by atoms with Gasteiger partial charge in [-0.05, 0) is 24.1 Å². The van der Waals surface area contributed by atoms with Gasteiger partial charge in [-0.2, -0.15) is 0 Å². The van der Waals surface area contributed by atoms with Gasteiger partial charge in [0.25, 0.3) is 0 Å². The number of carbonyl (C=O) groups excluding carboxylic acids is 1. The van der Waals surface area contributed by atoms with Gasteiger partial charge in [0.1, 0.15) is 0 Å². The zero-order chi connectivity index (χ0) is 11.3. The van der Waals surface area contributed by atoms with E-state index in [1.165, 1.54) is 6.92 Å². The Morgan fingerprint density at radius 1 is 1.60 bits per heavy atom. The largest absolute Gasteiger partial charge is 0.350 e. The van der Waals surface area contributed by atoms with E-state index in [1.54, 1.807) is 18.2 Å². The molecule has 1 rings (SSSR count). The number of nitrogens with zero attached hydrogens (tertiary/aromatic N) is 3. The summed E-state index contributed by atoms with van der Waals surface area (Å²) in [7, 11) is 0. The van der Waals surface area contributed by atoms with Crippen molar-refractivity contribution in [1.29, 1.82) is 0 Å². The molecule has 1 amide bonds. The molecule has 1 unspecified atom stereocenters. The molecule has 0 aliphatic heterocycles.